The van der Waals surface area contributed by atoms with E-state index in [4.69, 9.17) is 9.47 Å². The zero-order valence-electron chi connectivity index (χ0n) is 16.0. The Labute approximate surface area is 158 Å². The summed E-state index contributed by atoms with van der Waals surface area (Å²) in [7, 11) is 1.57. The monoisotopic (exact) mass is 368 g/mol. The number of allylic oxidation sites excluding steroid dienone is 2. The van der Waals surface area contributed by atoms with Crippen LogP contribution in [0, 0.1) is 23.7 Å². The van der Waals surface area contributed by atoms with Gasteiger partial charge in [-0.05, 0) is 62.8 Å². The van der Waals surface area contributed by atoms with Crippen molar-refractivity contribution in [1.82, 2.24) is 5.01 Å². The van der Waals surface area contributed by atoms with Crippen molar-refractivity contribution >= 4 is 18.0 Å². The van der Waals surface area contributed by atoms with Crippen LogP contribution in [-0.2, 0) is 9.59 Å². The quantitative estimate of drug-likeness (QED) is 0.465. The fourth-order valence-electron chi connectivity index (χ4n) is 4.30. The smallest absolute Gasteiger partial charge is 0.254 e. The van der Waals surface area contributed by atoms with Gasteiger partial charge >= 0.3 is 0 Å². The van der Waals surface area contributed by atoms with Crippen molar-refractivity contribution in [3.05, 3.63) is 35.9 Å². The number of ether oxygens (including phenoxy) is 2. The molecule has 0 radical (unpaired) electrons. The highest BCUT2D eigenvalue weighted by molar-refractivity contribution is 6.06. The van der Waals surface area contributed by atoms with Gasteiger partial charge in [-0.25, -0.2) is 0 Å². The Morgan fingerprint density at radius 1 is 1.07 bits per heavy atom. The zero-order chi connectivity index (χ0) is 19.3. The second kappa shape index (κ2) is 6.22. The summed E-state index contributed by atoms with van der Waals surface area (Å²) in [5, 5.41) is 5.25. The normalized spacial score (nSPS) is 29.1. The summed E-state index contributed by atoms with van der Waals surface area (Å²) in [5.74, 6) is 0.745. The largest absolute Gasteiger partial charge is 0.493 e. The number of hydrazone groups is 1. The van der Waals surface area contributed by atoms with Crippen molar-refractivity contribution in [1.29, 1.82) is 0 Å². The van der Waals surface area contributed by atoms with E-state index in [9.17, 15) is 9.59 Å². The maximum atomic E-state index is 12.7. The van der Waals surface area contributed by atoms with Gasteiger partial charge in [0.1, 0.15) is 5.60 Å². The summed E-state index contributed by atoms with van der Waals surface area (Å²) < 4.78 is 11.3. The van der Waals surface area contributed by atoms with Gasteiger partial charge in [-0.2, -0.15) is 10.1 Å². The number of rotatable bonds is 4. The van der Waals surface area contributed by atoms with Crippen LogP contribution in [0.4, 0.5) is 0 Å². The van der Waals surface area contributed by atoms with Crippen LogP contribution in [0.2, 0.25) is 0 Å². The first-order valence-corrected chi connectivity index (χ1v) is 9.25. The van der Waals surface area contributed by atoms with Crippen LogP contribution in [0.5, 0.6) is 11.5 Å². The lowest BCUT2D eigenvalue weighted by molar-refractivity contribution is -0.140. The molecular weight excluding hydrogens is 344 g/mol. The number of carbonyl (C=O) groups is 2. The number of amides is 2. The van der Waals surface area contributed by atoms with E-state index in [1.54, 1.807) is 19.2 Å². The molecule has 4 atom stereocenters. The number of fused-ring (bicyclic) bond motifs is 5. The Morgan fingerprint density at radius 3 is 2.26 bits per heavy atom. The first-order valence-electron chi connectivity index (χ1n) is 9.25. The lowest BCUT2D eigenvalue weighted by Gasteiger charge is -2.22. The van der Waals surface area contributed by atoms with Gasteiger partial charge in [0, 0.05) is 0 Å². The third-order valence-corrected chi connectivity index (χ3v) is 5.37. The number of benzene rings is 1. The van der Waals surface area contributed by atoms with Gasteiger partial charge in [0.15, 0.2) is 11.5 Å². The minimum atomic E-state index is -0.345. The Bertz CT molecular complexity index is 822. The Balaban J connectivity index is 1.53. The second-order valence-corrected chi connectivity index (χ2v) is 8.36. The summed E-state index contributed by atoms with van der Waals surface area (Å²) in [6.07, 6.45) is 6.58. The first kappa shape index (κ1) is 17.8. The van der Waals surface area contributed by atoms with Crippen LogP contribution in [0.25, 0.3) is 0 Å². The summed E-state index contributed by atoms with van der Waals surface area (Å²) in [5.41, 5.74) is 0.384. The van der Waals surface area contributed by atoms with Crippen LogP contribution < -0.4 is 9.47 Å². The fourth-order valence-corrected chi connectivity index (χ4v) is 4.30. The zero-order valence-corrected chi connectivity index (χ0v) is 16.0. The van der Waals surface area contributed by atoms with Crippen molar-refractivity contribution in [2.24, 2.45) is 28.8 Å². The number of methoxy groups -OCH3 is 1. The molecule has 1 saturated carbocycles. The number of carbonyl (C=O) groups excluding carboxylic acids is 2. The highest BCUT2D eigenvalue weighted by Gasteiger charge is 2.59. The predicted molar refractivity (Wildman–Crippen MR) is 101 cm³/mol. The van der Waals surface area contributed by atoms with E-state index < -0.39 is 0 Å². The molecule has 0 unspecified atom stereocenters. The predicted octanol–water partition coefficient (Wildman–Crippen LogP) is 3.01. The number of hydrogen-bond donors (Lipinski definition) is 0. The van der Waals surface area contributed by atoms with Crippen molar-refractivity contribution in [3.8, 4) is 11.5 Å². The average molecular weight is 368 g/mol. The average Bonchev–Trinajstić information content (AvgIpc) is 3.28. The molecule has 2 fully saturated rings. The molecule has 3 aliphatic rings. The van der Waals surface area contributed by atoms with Gasteiger partial charge in [-0.1, -0.05) is 12.2 Å². The third-order valence-electron chi connectivity index (χ3n) is 5.37. The molecule has 27 heavy (non-hydrogen) atoms. The topological polar surface area (TPSA) is 68.2 Å². The molecule has 2 bridgehead atoms. The molecule has 0 N–H and O–H groups in total. The van der Waals surface area contributed by atoms with E-state index in [2.05, 4.69) is 17.3 Å². The Hall–Kier alpha value is -2.63. The number of nitrogens with zero attached hydrogens (tertiary/aromatic N) is 2. The maximum absolute atomic E-state index is 12.7. The van der Waals surface area contributed by atoms with Gasteiger partial charge in [-0.15, -0.1) is 0 Å². The minimum Gasteiger partial charge on any atom is -0.493 e. The van der Waals surface area contributed by atoms with Crippen molar-refractivity contribution < 1.29 is 19.1 Å². The summed E-state index contributed by atoms with van der Waals surface area (Å²) in [6, 6.07) is 5.41. The SMILES string of the molecule is COc1cc(C=NN2C(=O)[C@@H]3[C@H](C2=O)[C@H]2C=C[C@H]3C2)ccc1OC(C)(C)C. The van der Waals surface area contributed by atoms with Gasteiger partial charge in [-0.3, -0.25) is 9.59 Å². The third kappa shape index (κ3) is 3.03. The molecule has 1 aromatic rings. The fraction of sp³-hybridized carbons (Fsp3) is 0.476. The van der Waals surface area contributed by atoms with Crippen LogP contribution >= 0.6 is 0 Å². The molecule has 4 rings (SSSR count). The first-order chi connectivity index (χ1) is 12.8. The summed E-state index contributed by atoms with van der Waals surface area (Å²) >= 11 is 0. The van der Waals surface area contributed by atoms with Crippen molar-refractivity contribution in [2.75, 3.05) is 7.11 Å². The van der Waals surface area contributed by atoms with E-state index in [-0.39, 0.29) is 41.1 Å². The maximum Gasteiger partial charge on any atom is 0.254 e. The lowest BCUT2D eigenvalue weighted by Crippen LogP contribution is -2.28. The van der Waals surface area contributed by atoms with Gasteiger partial charge in [0.25, 0.3) is 11.8 Å². The standard InChI is InChI=1S/C21H24N2O4/c1-21(2,3)27-15-8-5-12(9-16(15)26-4)11-22-23-19(24)17-13-6-7-14(10-13)18(17)20(23)25/h5-9,11,13-14,17-18H,10H2,1-4H3/t13-,14-,17-,18+/m0/s1. The molecule has 0 spiro atoms. The number of imide groups is 1. The highest BCUT2D eigenvalue weighted by atomic mass is 16.5. The molecule has 1 heterocycles. The molecular formula is C21H24N2O4. The molecule has 6 nitrogen and oxygen atoms in total. The lowest BCUT2D eigenvalue weighted by atomic mass is 9.85. The molecule has 142 valence electrons. The molecule has 1 aliphatic heterocycles. The van der Waals surface area contributed by atoms with Crippen LogP contribution in [0.15, 0.2) is 35.5 Å². The highest BCUT2D eigenvalue weighted by Crippen LogP contribution is 2.52. The van der Waals surface area contributed by atoms with E-state index in [0.717, 1.165) is 17.0 Å². The minimum absolute atomic E-state index is 0.183. The van der Waals surface area contributed by atoms with Crippen LogP contribution in [0.1, 0.15) is 32.8 Å². The second-order valence-electron chi connectivity index (χ2n) is 8.36. The van der Waals surface area contributed by atoms with Gasteiger partial charge < -0.3 is 9.47 Å². The molecule has 2 amide bonds. The van der Waals surface area contributed by atoms with Crippen molar-refractivity contribution in [3.63, 3.8) is 0 Å². The molecule has 0 aromatic heterocycles. The van der Waals surface area contributed by atoms with E-state index in [1.807, 2.05) is 26.8 Å². The summed E-state index contributed by atoms with van der Waals surface area (Å²) in [4.78, 5) is 25.3. The van der Waals surface area contributed by atoms with E-state index in [0.29, 0.717) is 11.5 Å². The Morgan fingerprint density at radius 2 is 1.70 bits per heavy atom. The van der Waals surface area contributed by atoms with Crippen LogP contribution in [0.3, 0.4) is 0 Å². The van der Waals surface area contributed by atoms with E-state index >= 15 is 0 Å². The number of hydrogen-bond acceptors (Lipinski definition) is 5. The van der Waals surface area contributed by atoms with Gasteiger partial charge in [0.2, 0.25) is 0 Å². The molecule has 1 aromatic carbocycles. The van der Waals surface area contributed by atoms with Gasteiger partial charge in [0.05, 0.1) is 25.2 Å². The summed E-state index contributed by atoms with van der Waals surface area (Å²) in [6.45, 7) is 5.89. The Kier molecular flexibility index (Phi) is 4.09. The molecule has 1 saturated heterocycles. The molecule has 2 aliphatic carbocycles. The molecule has 6 heteroatoms. The van der Waals surface area contributed by atoms with Crippen LogP contribution in [-0.4, -0.2) is 35.7 Å². The van der Waals surface area contributed by atoms with Crippen molar-refractivity contribution in [2.45, 2.75) is 32.8 Å². The van der Waals surface area contributed by atoms with E-state index in [1.165, 1.54) is 6.21 Å².